The number of anilines is 2. The van der Waals surface area contributed by atoms with Gasteiger partial charge in [0.25, 0.3) is 5.85 Å². The number of fused-ring (bicyclic) bond motifs is 1. The fraction of sp³-hybridized carbons (Fsp3) is 0.643. The highest BCUT2D eigenvalue weighted by atomic mass is 19.2. The molecular formula is C14H19FN6O4. The highest BCUT2D eigenvalue weighted by molar-refractivity contribution is 5.85. The molecule has 0 amide bonds. The van der Waals surface area contributed by atoms with E-state index in [2.05, 4.69) is 19.9 Å². The summed E-state index contributed by atoms with van der Waals surface area (Å²) in [5.74, 6) is -2.47. The Hall–Kier alpha value is -2.08. The molecule has 0 radical (unpaired) electrons. The maximum absolute atomic E-state index is 14.5. The Morgan fingerprint density at radius 3 is 2.64 bits per heavy atom. The average Bonchev–Trinajstić information content (AvgIpc) is 2.95. The fourth-order valence-electron chi connectivity index (χ4n) is 3.19. The summed E-state index contributed by atoms with van der Waals surface area (Å²) in [4.78, 5) is 17.4. The maximum atomic E-state index is 14.5. The molecule has 25 heavy (non-hydrogen) atoms. The summed E-state index contributed by atoms with van der Waals surface area (Å²) in [5, 5.41) is 29.6. The number of aliphatic hydroxyl groups is 3. The van der Waals surface area contributed by atoms with Crippen LogP contribution in [-0.2, 0) is 4.74 Å². The molecule has 10 nitrogen and oxygen atoms in total. The van der Waals surface area contributed by atoms with Crippen LogP contribution in [0.5, 0.6) is 0 Å². The summed E-state index contributed by atoms with van der Waals surface area (Å²) in [7, 11) is 0. The summed E-state index contributed by atoms with van der Waals surface area (Å²) < 4.78 is 19.8. The number of nitrogens with zero attached hydrogens (tertiary/aromatic N) is 4. The van der Waals surface area contributed by atoms with E-state index in [1.54, 1.807) is 0 Å². The number of aromatic nitrogens is 4. The van der Waals surface area contributed by atoms with Crippen molar-refractivity contribution in [2.75, 3.05) is 30.3 Å². The number of aromatic amines is 1. The number of ether oxygens (including phenoxy) is 1. The van der Waals surface area contributed by atoms with E-state index in [0.29, 0.717) is 11.3 Å². The number of hydrogen-bond acceptors (Lipinski definition) is 9. The van der Waals surface area contributed by atoms with Crippen molar-refractivity contribution in [1.82, 2.24) is 19.9 Å². The minimum absolute atomic E-state index is 0.0433. The Morgan fingerprint density at radius 1 is 1.36 bits per heavy atom. The fourth-order valence-corrected chi connectivity index (χ4v) is 3.19. The molecule has 4 atom stereocenters. The van der Waals surface area contributed by atoms with Gasteiger partial charge < -0.3 is 35.7 Å². The van der Waals surface area contributed by atoms with Crippen molar-refractivity contribution in [3.63, 3.8) is 0 Å². The van der Waals surface area contributed by atoms with E-state index in [-0.39, 0.29) is 17.4 Å². The summed E-state index contributed by atoms with van der Waals surface area (Å²) in [6.45, 7) is 1.91. The lowest BCUT2D eigenvalue weighted by Gasteiger charge is -2.32. The van der Waals surface area contributed by atoms with Crippen molar-refractivity contribution in [2.45, 2.75) is 37.0 Å². The number of nitrogens with one attached hydrogen (secondary N) is 1. The molecule has 0 saturated carbocycles. The zero-order chi connectivity index (χ0) is 18.0. The van der Waals surface area contributed by atoms with E-state index in [9.17, 15) is 19.7 Å². The lowest BCUT2D eigenvalue weighted by atomic mass is 9.90. The van der Waals surface area contributed by atoms with Gasteiger partial charge in [-0.15, -0.1) is 0 Å². The van der Waals surface area contributed by atoms with Gasteiger partial charge in [-0.3, -0.25) is 0 Å². The molecule has 11 heteroatoms. The van der Waals surface area contributed by atoms with Crippen LogP contribution in [0.1, 0.15) is 25.3 Å². The topological polar surface area (TPSA) is 154 Å². The first kappa shape index (κ1) is 16.4. The molecule has 0 aliphatic carbocycles. The van der Waals surface area contributed by atoms with Crippen LogP contribution in [-0.4, -0.2) is 72.5 Å². The van der Waals surface area contributed by atoms with E-state index in [4.69, 9.17) is 10.5 Å². The van der Waals surface area contributed by atoms with E-state index in [1.807, 2.05) is 4.90 Å². The van der Waals surface area contributed by atoms with Crippen LogP contribution in [0.25, 0.3) is 11.2 Å². The van der Waals surface area contributed by atoms with Gasteiger partial charge in [-0.05, 0) is 13.3 Å². The van der Waals surface area contributed by atoms with Crippen LogP contribution in [0.15, 0.2) is 0 Å². The SMILES string of the molecule is C[C@]1(O)[C@H](c2nc3nc(N)nc(N4CCC4)c3[nH]2)O[C@H](CO)[C@]1(O)F. The zero-order valence-corrected chi connectivity index (χ0v) is 13.5. The number of halogens is 1. The van der Waals surface area contributed by atoms with Crippen LogP contribution in [0, 0.1) is 0 Å². The van der Waals surface area contributed by atoms with Gasteiger partial charge in [0.15, 0.2) is 17.1 Å². The highest BCUT2D eigenvalue weighted by Crippen LogP contribution is 2.48. The second-order valence-corrected chi connectivity index (χ2v) is 6.57. The summed E-state index contributed by atoms with van der Waals surface area (Å²) in [6, 6.07) is 0. The number of nitrogen functional groups attached to an aromatic ring is 1. The lowest BCUT2D eigenvalue weighted by molar-refractivity contribution is -0.219. The van der Waals surface area contributed by atoms with Crippen molar-refractivity contribution in [3.05, 3.63) is 5.82 Å². The Labute approximate surface area is 141 Å². The van der Waals surface area contributed by atoms with Crippen molar-refractivity contribution in [1.29, 1.82) is 0 Å². The average molecular weight is 354 g/mol. The second-order valence-electron chi connectivity index (χ2n) is 6.57. The number of hydrogen-bond donors (Lipinski definition) is 5. The van der Waals surface area contributed by atoms with E-state index in [0.717, 1.165) is 26.4 Å². The molecule has 0 bridgehead atoms. The molecule has 0 spiro atoms. The number of imidazole rings is 1. The Kier molecular flexibility index (Phi) is 3.41. The predicted molar refractivity (Wildman–Crippen MR) is 84.3 cm³/mol. The van der Waals surface area contributed by atoms with Crippen LogP contribution >= 0.6 is 0 Å². The van der Waals surface area contributed by atoms with Crippen molar-refractivity contribution >= 4 is 22.9 Å². The van der Waals surface area contributed by atoms with E-state index < -0.39 is 30.3 Å². The molecule has 6 N–H and O–H groups in total. The number of alkyl halides is 1. The predicted octanol–water partition coefficient (Wildman–Crippen LogP) is -1.01. The largest absolute Gasteiger partial charge is 0.393 e. The number of H-pyrrole nitrogens is 1. The van der Waals surface area contributed by atoms with Gasteiger partial charge in [0.1, 0.15) is 23.5 Å². The first-order valence-electron chi connectivity index (χ1n) is 7.93. The third-order valence-corrected chi connectivity index (χ3v) is 4.88. The number of rotatable bonds is 3. The molecule has 136 valence electrons. The van der Waals surface area contributed by atoms with E-state index >= 15 is 0 Å². The van der Waals surface area contributed by atoms with Crippen molar-refractivity contribution < 1.29 is 24.4 Å². The Balaban J connectivity index is 1.80. The highest BCUT2D eigenvalue weighted by Gasteiger charge is 2.65. The third kappa shape index (κ3) is 2.20. The van der Waals surface area contributed by atoms with Gasteiger partial charge in [0.05, 0.1) is 6.61 Å². The zero-order valence-electron chi connectivity index (χ0n) is 13.5. The standard InChI is InChI=1S/C14H19FN6O4/c1-13(23)8(25-6(5-22)14(13,15)24)10-17-7-9(18-10)19-12(16)20-11(7)21-3-2-4-21/h6,8,22-24H,2-5H2,1H3,(H3,16,17,18,19,20)/t6-,8+,13+,14-/m1/s1. The molecular weight excluding hydrogens is 335 g/mol. The molecule has 2 aromatic heterocycles. The quantitative estimate of drug-likeness (QED) is 0.466. The monoisotopic (exact) mass is 354 g/mol. The number of aliphatic hydroxyl groups excluding tert-OH is 1. The summed E-state index contributed by atoms with van der Waals surface area (Å²) in [6.07, 6.45) is -1.91. The Morgan fingerprint density at radius 2 is 2.08 bits per heavy atom. The lowest BCUT2D eigenvalue weighted by Crippen LogP contribution is -2.53. The van der Waals surface area contributed by atoms with Crippen molar-refractivity contribution in [3.8, 4) is 0 Å². The van der Waals surface area contributed by atoms with Crippen LogP contribution < -0.4 is 10.6 Å². The minimum atomic E-state index is -3.14. The molecule has 2 fully saturated rings. The Bertz CT molecular complexity index is 821. The molecule has 4 rings (SSSR count). The van der Waals surface area contributed by atoms with Gasteiger partial charge >= 0.3 is 0 Å². The molecule has 2 aliphatic rings. The molecule has 4 heterocycles. The molecule has 2 aromatic rings. The smallest absolute Gasteiger partial charge is 0.267 e. The first-order chi connectivity index (χ1) is 11.8. The van der Waals surface area contributed by atoms with Gasteiger partial charge in [0.2, 0.25) is 5.95 Å². The molecule has 2 aliphatic heterocycles. The maximum Gasteiger partial charge on any atom is 0.267 e. The summed E-state index contributed by atoms with van der Waals surface area (Å²) >= 11 is 0. The second kappa shape index (κ2) is 5.21. The van der Waals surface area contributed by atoms with Gasteiger partial charge in [-0.25, -0.2) is 9.37 Å². The third-order valence-electron chi connectivity index (χ3n) is 4.88. The van der Waals surface area contributed by atoms with Gasteiger partial charge in [0, 0.05) is 13.1 Å². The van der Waals surface area contributed by atoms with E-state index in [1.165, 1.54) is 0 Å². The molecule has 2 saturated heterocycles. The van der Waals surface area contributed by atoms with Gasteiger partial charge in [-0.1, -0.05) is 0 Å². The molecule has 0 unspecified atom stereocenters. The van der Waals surface area contributed by atoms with Crippen LogP contribution in [0.3, 0.4) is 0 Å². The van der Waals surface area contributed by atoms with Crippen LogP contribution in [0.2, 0.25) is 0 Å². The normalized spacial score (nSPS) is 35.3. The van der Waals surface area contributed by atoms with Gasteiger partial charge in [-0.2, -0.15) is 9.97 Å². The number of nitrogens with two attached hydrogens (primary N) is 1. The van der Waals surface area contributed by atoms with Crippen molar-refractivity contribution in [2.24, 2.45) is 0 Å². The van der Waals surface area contributed by atoms with Crippen LogP contribution in [0.4, 0.5) is 16.2 Å². The first-order valence-corrected chi connectivity index (χ1v) is 7.93. The minimum Gasteiger partial charge on any atom is -0.393 e. The summed E-state index contributed by atoms with van der Waals surface area (Å²) in [5.41, 5.74) is 4.13. The molecule has 0 aromatic carbocycles.